The van der Waals surface area contributed by atoms with E-state index in [0.717, 1.165) is 4.47 Å². The van der Waals surface area contributed by atoms with E-state index in [-0.39, 0.29) is 6.42 Å². The van der Waals surface area contributed by atoms with Crippen molar-refractivity contribution in [3.63, 3.8) is 0 Å². The molecule has 1 rings (SSSR count). The van der Waals surface area contributed by atoms with Crippen molar-refractivity contribution >= 4 is 33.4 Å². The van der Waals surface area contributed by atoms with Crippen LogP contribution in [0.15, 0.2) is 28.7 Å². The van der Waals surface area contributed by atoms with Crippen LogP contribution in [-0.4, -0.2) is 18.5 Å². The fraction of sp³-hybridized carbons (Fsp3) is 0.250. The van der Waals surface area contributed by atoms with Gasteiger partial charge in [-0.15, -0.1) is 0 Å². The SMILES string of the molecule is CCOC(=O)CC(=C=O)c1ccc(Br)cc1. The molecular formula is C12H11BrO3. The van der Waals surface area contributed by atoms with Crippen LogP contribution in [-0.2, 0) is 14.3 Å². The summed E-state index contributed by atoms with van der Waals surface area (Å²) >= 11 is 3.29. The number of carbonyl (C=O) groups is 1. The summed E-state index contributed by atoms with van der Waals surface area (Å²) in [7, 11) is 0. The third kappa shape index (κ3) is 3.65. The molecule has 84 valence electrons. The first-order chi connectivity index (χ1) is 7.67. The van der Waals surface area contributed by atoms with E-state index in [0.29, 0.717) is 17.7 Å². The molecule has 0 heterocycles. The van der Waals surface area contributed by atoms with Gasteiger partial charge in [-0.3, -0.25) is 4.79 Å². The van der Waals surface area contributed by atoms with Crippen LogP contribution in [0.5, 0.6) is 0 Å². The Labute approximate surface area is 102 Å². The number of esters is 1. The standard InChI is InChI=1S/C12H11BrO3/c1-2-16-12(15)7-10(8-14)9-3-5-11(13)6-4-9/h3-6H,2,7H2,1H3. The molecule has 0 aliphatic carbocycles. The molecule has 0 saturated carbocycles. The zero-order valence-corrected chi connectivity index (χ0v) is 10.4. The Kier molecular flexibility index (Phi) is 4.96. The Bertz CT molecular complexity index is 416. The Morgan fingerprint density at radius 3 is 2.50 bits per heavy atom. The Balaban J connectivity index is 2.80. The van der Waals surface area contributed by atoms with Crippen molar-refractivity contribution in [3.05, 3.63) is 34.3 Å². The molecule has 0 spiro atoms. The predicted molar refractivity (Wildman–Crippen MR) is 64.5 cm³/mol. The fourth-order valence-corrected chi connectivity index (χ4v) is 1.47. The second-order valence-electron chi connectivity index (χ2n) is 3.07. The molecule has 0 N–H and O–H groups in total. The Hall–Kier alpha value is -1.38. The minimum absolute atomic E-state index is 0.0427. The molecule has 16 heavy (non-hydrogen) atoms. The van der Waals surface area contributed by atoms with Gasteiger partial charge in [0.1, 0.15) is 5.94 Å². The highest BCUT2D eigenvalue weighted by Crippen LogP contribution is 2.18. The molecule has 0 unspecified atom stereocenters. The summed E-state index contributed by atoms with van der Waals surface area (Å²) in [5.41, 5.74) is 0.997. The van der Waals surface area contributed by atoms with Crippen LogP contribution < -0.4 is 0 Å². The molecule has 0 bridgehead atoms. The molecule has 0 aromatic heterocycles. The molecular weight excluding hydrogens is 272 g/mol. The van der Waals surface area contributed by atoms with Crippen LogP contribution in [0.25, 0.3) is 5.57 Å². The quantitative estimate of drug-likeness (QED) is 0.630. The van der Waals surface area contributed by atoms with Gasteiger partial charge < -0.3 is 4.74 Å². The minimum atomic E-state index is -0.413. The van der Waals surface area contributed by atoms with Crippen molar-refractivity contribution in [2.45, 2.75) is 13.3 Å². The van der Waals surface area contributed by atoms with E-state index in [9.17, 15) is 9.59 Å². The summed E-state index contributed by atoms with van der Waals surface area (Å²) in [6.45, 7) is 2.03. The fourth-order valence-electron chi connectivity index (χ4n) is 1.20. The number of benzene rings is 1. The Morgan fingerprint density at radius 2 is 2.00 bits per heavy atom. The first-order valence-electron chi connectivity index (χ1n) is 4.83. The topological polar surface area (TPSA) is 43.4 Å². The molecule has 0 atom stereocenters. The monoisotopic (exact) mass is 282 g/mol. The van der Waals surface area contributed by atoms with Crippen molar-refractivity contribution in [2.75, 3.05) is 6.61 Å². The molecule has 0 saturated heterocycles. The third-order valence-corrected chi connectivity index (χ3v) is 2.47. The maximum Gasteiger partial charge on any atom is 0.311 e. The summed E-state index contributed by atoms with van der Waals surface area (Å²) in [5, 5.41) is 0. The van der Waals surface area contributed by atoms with E-state index >= 15 is 0 Å². The van der Waals surface area contributed by atoms with Crippen LogP contribution in [0.1, 0.15) is 18.9 Å². The van der Waals surface area contributed by atoms with Gasteiger partial charge in [0.2, 0.25) is 0 Å². The van der Waals surface area contributed by atoms with E-state index in [1.165, 1.54) is 0 Å². The van der Waals surface area contributed by atoms with Crippen molar-refractivity contribution in [1.29, 1.82) is 0 Å². The molecule has 0 fully saturated rings. The van der Waals surface area contributed by atoms with Crippen LogP contribution in [0, 0.1) is 0 Å². The normalized spacial score (nSPS) is 9.38. The first kappa shape index (κ1) is 12.7. The maximum absolute atomic E-state index is 11.2. The minimum Gasteiger partial charge on any atom is -0.466 e. The average molecular weight is 283 g/mol. The lowest BCUT2D eigenvalue weighted by Gasteiger charge is -2.03. The number of hydrogen-bond acceptors (Lipinski definition) is 3. The number of carbonyl (C=O) groups excluding carboxylic acids is 2. The average Bonchev–Trinajstić information content (AvgIpc) is 2.27. The summed E-state index contributed by atoms with van der Waals surface area (Å²) in [6.07, 6.45) is -0.0427. The van der Waals surface area contributed by atoms with Gasteiger partial charge in [0.05, 0.1) is 18.6 Å². The molecule has 3 nitrogen and oxygen atoms in total. The van der Waals surface area contributed by atoms with Crippen molar-refractivity contribution in [2.24, 2.45) is 0 Å². The van der Waals surface area contributed by atoms with Gasteiger partial charge in [0, 0.05) is 4.47 Å². The third-order valence-electron chi connectivity index (χ3n) is 1.94. The molecule has 0 amide bonds. The highest BCUT2D eigenvalue weighted by atomic mass is 79.9. The second kappa shape index (κ2) is 6.26. The molecule has 0 aliphatic heterocycles. The zero-order valence-electron chi connectivity index (χ0n) is 8.83. The van der Waals surface area contributed by atoms with Crippen LogP contribution >= 0.6 is 15.9 Å². The highest BCUT2D eigenvalue weighted by Gasteiger charge is 2.09. The maximum atomic E-state index is 11.2. The van der Waals surface area contributed by atoms with Crippen molar-refractivity contribution < 1.29 is 14.3 Å². The first-order valence-corrected chi connectivity index (χ1v) is 5.62. The van der Waals surface area contributed by atoms with Gasteiger partial charge in [-0.05, 0) is 24.6 Å². The molecule has 0 radical (unpaired) electrons. The van der Waals surface area contributed by atoms with Crippen LogP contribution in [0.4, 0.5) is 0 Å². The smallest absolute Gasteiger partial charge is 0.311 e. The van der Waals surface area contributed by atoms with E-state index in [4.69, 9.17) is 4.74 Å². The van der Waals surface area contributed by atoms with Gasteiger partial charge in [0.25, 0.3) is 0 Å². The van der Waals surface area contributed by atoms with E-state index in [1.807, 2.05) is 0 Å². The number of halogens is 1. The summed E-state index contributed by atoms with van der Waals surface area (Å²) in [4.78, 5) is 22.0. The molecule has 1 aromatic carbocycles. The van der Waals surface area contributed by atoms with E-state index < -0.39 is 5.97 Å². The van der Waals surface area contributed by atoms with E-state index in [1.54, 1.807) is 37.1 Å². The van der Waals surface area contributed by atoms with Crippen molar-refractivity contribution in [3.8, 4) is 0 Å². The number of ether oxygens (including phenoxy) is 1. The molecule has 0 aliphatic rings. The second-order valence-corrected chi connectivity index (χ2v) is 3.98. The molecule has 4 heteroatoms. The summed E-state index contributed by atoms with van der Waals surface area (Å²) < 4.78 is 5.69. The van der Waals surface area contributed by atoms with Crippen molar-refractivity contribution in [1.82, 2.24) is 0 Å². The van der Waals surface area contributed by atoms with Gasteiger partial charge in [-0.1, -0.05) is 28.1 Å². The summed E-state index contributed by atoms with van der Waals surface area (Å²) in [6, 6.07) is 7.11. The van der Waals surface area contributed by atoms with Crippen LogP contribution in [0.2, 0.25) is 0 Å². The largest absolute Gasteiger partial charge is 0.466 e. The lowest BCUT2D eigenvalue weighted by Crippen LogP contribution is -2.05. The Morgan fingerprint density at radius 1 is 1.38 bits per heavy atom. The van der Waals surface area contributed by atoms with Gasteiger partial charge in [0.15, 0.2) is 0 Å². The van der Waals surface area contributed by atoms with Gasteiger partial charge in [-0.25, -0.2) is 4.79 Å². The predicted octanol–water partition coefficient (Wildman–Crippen LogP) is 2.62. The number of rotatable bonds is 4. The van der Waals surface area contributed by atoms with Gasteiger partial charge in [-0.2, -0.15) is 0 Å². The van der Waals surface area contributed by atoms with Gasteiger partial charge >= 0.3 is 5.97 Å². The zero-order chi connectivity index (χ0) is 12.0. The lowest BCUT2D eigenvalue weighted by molar-refractivity contribution is -0.141. The van der Waals surface area contributed by atoms with E-state index in [2.05, 4.69) is 15.9 Å². The summed E-state index contributed by atoms with van der Waals surface area (Å²) in [5.74, 6) is 1.36. The molecule has 1 aromatic rings. The lowest BCUT2D eigenvalue weighted by atomic mass is 10.1. The highest BCUT2D eigenvalue weighted by molar-refractivity contribution is 9.10. The number of hydrogen-bond donors (Lipinski definition) is 0. The van der Waals surface area contributed by atoms with Crippen LogP contribution in [0.3, 0.4) is 0 Å².